The predicted octanol–water partition coefficient (Wildman–Crippen LogP) is 2.79. The molecule has 1 unspecified atom stereocenters. The van der Waals surface area contributed by atoms with Crippen LogP contribution in [-0.2, 0) is 11.3 Å². The Balaban J connectivity index is 1.88. The van der Waals surface area contributed by atoms with Gasteiger partial charge in [0.2, 0.25) is 0 Å². The summed E-state index contributed by atoms with van der Waals surface area (Å²) >= 11 is 6.03. The average Bonchev–Trinajstić information content (AvgIpc) is 2.59. The van der Waals surface area contributed by atoms with Crippen molar-refractivity contribution in [3.05, 3.63) is 64.9 Å². The number of hydrogen-bond donors (Lipinski definition) is 2. The number of ether oxygens (including phenoxy) is 1. The van der Waals surface area contributed by atoms with E-state index in [0.717, 1.165) is 11.3 Å². The lowest BCUT2D eigenvalue weighted by Crippen LogP contribution is -2.39. The third-order valence-corrected chi connectivity index (χ3v) is 3.58. The zero-order valence-electron chi connectivity index (χ0n) is 13.3. The first-order chi connectivity index (χ1) is 11.2. The topological polar surface area (TPSA) is 58.5 Å². The van der Waals surface area contributed by atoms with E-state index in [4.69, 9.17) is 16.3 Å². The van der Waals surface area contributed by atoms with Crippen molar-refractivity contribution in [3.63, 3.8) is 0 Å². The number of nitrogens with one attached hydrogen (secondary N) is 2. The molecule has 1 aromatic heterocycles. The monoisotopic (exact) mass is 332 g/mol. The van der Waals surface area contributed by atoms with Crippen molar-refractivity contribution in [2.75, 3.05) is 20.7 Å². The van der Waals surface area contributed by atoms with Crippen molar-refractivity contribution >= 4 is 17.6 Å². The Morgan fingerprint density at radius 1 is 1.26 bits per heavy atom. The van der Waals surface area contributed by atoms with Gasteiger partial charge in [-0.1, -0.05) is 29.8 Å². The second-order valence-corrected chi connectivity index (χ2v) is 5.34. The van der Waals surface area contributed by atoms with Gasteiger partial charge < -0.3 is 15.4 Å². The maximum Gasteiger partial charge on any atom is 0.191 e. The standard InChI is InChI=1S/C17H21ClN4O/c1-19-17(21-11-15-8-3-4-9-20-15)22-12-16(23-2)13-6-5-7-14(18)10-13/h3-10,16H,11-12H2,1-2H3,(H2,19,21,22). The number of nitrogens with zero attached hydrogens (tertiary/aromatic N) is 2. The molecule has 2 N–H and O–H groups in total. The van der Waals surface area contributed by atoms with Crippen LogP contribution in [0.2, 0.25) is 5.02 Å². The largest absolute Gasteiger partial charge is 0.375 e. The van der Waals surface area contributed by atoms with Crippen LogP contribution in [0.15, 0.2) is 53.7 Å². The summed E-state index contributed by atoms with van der Waals surface area (Å²) in [6.07, 6.45) is 1.66. The van der Waals surface area contributed by atoms with Gasteiger partial charge in [0.15, 0.2) is 5.96 Å². The van der Waals surface area contributed by atoms with Crippen LogP contribution in [-0.4, -0.2) is 31.6 Å². The minimum absolute atomic E-state index is 0.109. The normalized spacial score (nSPS) is 12.7. The summed E-state index contributed by atoms with van der Waals surface area (Å²) in [6.45, 7) is 1.19. The van der Waals surface area contributed by atoms with Crippen LogP contribution in [0.25, 0.3) is 0 Å². The molecule has 0 saturated carbocycles. The fraction of sp³-hybridized carbons (Fsp3) is 0.294. The lowest BCUT2D eigenvalue weighted by Gasteiger charge is -2.19. The number of rotatable bonds is 6. The van der Waals surface area contributed by atoms with Gasteiger partial charge in [-0.15, -0.1) is 0 Å². The minimum atomic E-state index is -0.109. The van der Waals surface area contributed by atoms with Crippen LogP contribution >= 0.6 is 11.6 Å². The van der Waals surface area contributed by atoms with Crippen LogP contribution < -0.4 is 10.6 Å². The van der Waals surface area contributed by atoms with E-state index in [1.807, 2.05) is 42.5 Å². The molecule has 0 saturated heterocycles. The highest BCUT2D eigenvalue weighted by molar-refractivity contribution is 6.30. The summed E-state index contributed by atoms with van der Waals surface area (Å²) < 4.78 is 5.53. The zero-order chi connectivity index (χ0) is 16.5. The molecule has 1 aromatic carbocycles. The van der Waals surface area contributed by atoms with E-state index in [1.54, 1.807) is 20.4 Å². The molecule has 2 rings (SSSR count). The quantitative estimate of drug-likeness (QED) is 0.631. The number of halogens is 1. The number of hydrogen-bond acceptors (Lipinski definition) is 3. The van der Waals surface area contributed by atoms with E-state index in [0.29, 0.717) is 24.1 Å². The number of aliphatic imine (C=N–C) groups is 1. The molecule has 0 bridgehead atoms. The molecule has 1 heterocycles. The lowest BCUT2D eigenvalue weighted by molar-refractivity contribution is 0.106. The molecule has 0 aliphatic carbocycles. The summed E-state index contributed by atoms with van der Waals surface area (Å²) in [5.74, 6) is 0.694. The first kappa shape index (κ1) is 17.2. The third kappa shape index (κ3) is 5.54. The Morgan fingerprint density at radius 2 is 2.13 bits per heavy atom. The molecule has 6 heteroatoms. The van der Waals surface area contributed by atoms with Gasteiger partial charge in [-0.05, 0) is 29.8 Å². The lowest BCUT2D eigenvalue weighted by atomic mass is 10.1. The van der Waals surface area contributed by atoms with Crippen molar-refractivity contribution in [1.82, 2.24) is 15.6 Å². The van der Waals surface area contributed by atoms with E-state index < -0.39 is 0 Å². The van der Waals surface area contributed by atoms with Crippen LogP contribution in [0.1, 0.15) is 17.4 Å². The molecule has 0 radical (unpaired) electrons. The van der Waals surface area contributed by atoms with Gasteiger partial charge in [-0.25, -0.2) is 0 Å². The molecule has 0 aliphatic heterocycles. The van der Waals surface area contributed by atoms with Gasteiger partial charge in [0.1, 0.15) is 0 Å². The maximum atomic E-state index is 6.03. The number of pyridine rings is 1. The Labute approximate surface area is 141 Å². The number of benzene rings is 1. The summed E-state index contributed by atoms with van der Waals surface area (Å²) in [6, 6.07) is 13.5. The maximum absolute atomic E-state index is 6.03. The molecular weight excluding hydrogens is 312 g/mol. The van der Waals surface area contributed by atoms with E-state index in [2.05, 4.69) is 20.6 Å². The van der Waals surface area contributed by atoms with Gasteiger partial charge in [0, 0.05) is 31.9 Å². The smallest absolute Gasteiger partial charge is 0.191 e. The highest BCUT2D eigenvalue weighted by Gasteiger charge is 2.11. The summed E-state index contributed by atoms with van der Waals surface area (Å²) in [7, 11) is 3.41. The molecule has 122 valence electrons. The van der Waals surface area contributed by atoms with Gasteiger partial charge in [-0.2, -0.15) is 0 Å². The Kier molecular flexibility index (Phi) is 6.84. The van der Waals surface area contributed by atoms with Crippen LogP contribution in [0.4, 0.5) is 0 Å². The molecule has 23 heavy (non-hydrogen) atoms. The van der Waals surface area contributed by atoms with Crippen molar-refractivity contribution in [3.8, 4) is 0 Å². The van der Waals surface area contributed by atoms with E-state index in [-0.39, 0.29) is 6.10 Å². The summed E-state index contributed by atoms with van der Waals surface area (Å²) in [5.41, 5.74) is 1.97. The van der Waals surface area contributed by atoms with E-state index in [9.17, 15) is 0 Å². The average molecular weight is 333 g/mol. The van der Waals surface area contributed by atoms with Gasteiger partial charge in [-0.3, -0.25) is 9.98 Å². The molecule has 1 atom stereocenters. The number of guanidine groups is 1. The van der Waals surface area contributed by atoms with Gasteiger partial charge >= 0.3 is 0 Å². The van der Waals surface area contributed by atoms with Crippen molar-refractivity contribution in [1.29, 1.82) is 0 Å². The molecule has 0 aliphatic rings. The fourth-order valence-corrected chi connectivity index (χ4v) is 2.33. The highest BCUT2D eigenvalue weighted by Crippen LogP contribution is 2.19. The number of aromatic nitrogens is 1. The Hall–Kier alpha value is -2.11. The molecule has 0 amide bonds. The molecule has 0 fully saturated rings. The van der Waals surface area contributed by atoms with Crippen molar-refractivity contribution in [2.24, 2.45) is 4.99 Å². The second kappa shape index (κ2) is 9.12. The van der Waals surface area contributed by atoms with Crippen LogP contribution in [0.5, 0.6) is 0 Å². The van der Waals surface area contributed by atoms with E-state index in [1.165, 1.54) is 0 Å². The zero-order valence-corrected chi connectivity index (χ0v) is 14.0. The number of methoxy groups -OCH3 is 1. The third-order valence-electron chi connectivity index (χ3n) is 3.35. The molecular formula is C17H21ClN4O. The predicted molar refractivity (Wildman–Crippen MR) is 93.6 cm³/mol. The highest BCUT2D eigenvalue weighted by atomic mass is 35.5. The SMILES string of the molecule is CN=C(NCc1ccccn1)NCC(OC)c1cccc(Cl)c1. The van der Waals surface area contributed by atoms with Crippen LogP contribution in [0, 0.1) is 0 Å². The minimum Gasteiger partial charge on any atom is -0.375 e. The van der Waals surface area contributed by atoms with Crippen molar-refractivity contribution < 1.29 is 4.74 Å². The second-order valence-electron chi connectivity index (χ2n) is 4.91. The fourth-order valence-electron chi connectivity index (χ4n) is 2.13. The molecule has 5 nitrogen and oxygen atoms in total. The first-order valence-electron chi connectivity index (χ1n) is 7.35. The van der Waals surface area contributed by atoms with Gasteiger partial charge in [0.05, 0.1) is 18.3 Å². The van der Waals surface area contributed by atoms with Gasteiger partial charge in [0.25, 0.3) is 0 Å². The Bertz CT molecular complexity index is 634. The van der Waals surface area contributed by atoms with E-state index >= 15 is 0 Å². The molecule has 2 aromatic rings. The van der Waals surface area contributed by atoms with Crippen LogP contribution in [0.3, 0.4) is 0 Å². The van der Waals surface area contributed by atoms with Crippen molar-refractivity contribution in [2.45, 2.75) is 12.6 Å². The summed E-state index contributed by atoms with van der Waals surface area (Å²) in [4.78, 5) is 8.47. The Morgan fingerprint density at radius 3 is 2.78 bits per heavy atom. The first-order valence-corrected chi connectivity index (χ1v) is 7.73. The molecule has 0 spiro atoms. The summed E-state index contributed by atoms with van der Waals surface area (Å²) in [5, 5.41) is 7.17.